The molecule has 5 nitrogen and oxygen atoms in total. The van der Waals surface area contributed by atoms with Crippen LogP contribution < -0.4 is 10.6 Å². The van der Waals surface area contributed by atoms with Gasteiger partial charge in [0.2, 0.25) is 5.91 Å². The highest BCUT2D eigenvalue weighted by Crippen LogP contribution is 2.12. The molecule has 0 unspecified atom stereocenters. The van der Waals surface area contributed by atoms with Crippen molar-refractivity contribution in [3.8, 4) is 0 Å². The highest BCUT2D eigenvalue weighted by molar-refractivity contribution is 5.80. The lowest BCUT2D eigenvalue weighted by atomic mass is 10.3. The molecular weight excluding hydrogens is 216 g/mol. The Morgan fingerprint density at radius 2 is 1.94 bits per heavy atom. The fourth-order valence-corrected chi connectivity index (χ4v) is 1.24. The van der Waals surface area contributed by atoms with Crippen LogP contribution in [-0.2, 0) is 4.79 Å². The number of rotatable bonds is 6. The second-order valence-corrected chi connectivity index (χ2v) is 4.03. The lowest BCUT2D eigenvalue weighted by molar-refractivity contribution is -0.126. The maximum Gasteiger partial charge on any atom is 0.241 e. The van der Waals surface area contributed by atoms with Crippen LogP contribution in [0.25, 0.3) is 0 Å². The average molecular weight is 236 g/mol. The minimum absolute atomic E-state index is 0.0388. The summed E-state index contributed by atoms with van der Waals surface area (Å²) < 4.78 is 0. The van der Waals surface area contributed by atoms with Crippen molar-refractivity contribution in [1.82, 2.24) is 9.88 Å². The average Bonchev–Trinajstić information content (AvgIpc) is 2.33. The molecule has 0 atom stereocenters. The fraction of sp³-hybridized carbons (Fsp3) is 0.500. The molecule has 17 heavy (non-hydrogen) atoms. The Balaban J connectivity index is 2.51. The molecule has 5 heteroatoms. The number of nitrogens with one attached hydrogen (secondary N) is 2. The van der Waals surface area contributed by atoms with Crippen molar-refractivity contribution in [2.24, 2.45) is 0 Å². The maximum atomic E-state index is 11.4. The number of carbonyl (C=O) groups is 1. The predicted octanol–water partition coefficient (Wildman–Crippen LogP) is 1.40. The van der Waals surface area contributed by atoms with Gasteiger partial charge in [0.25, 0.3) is 0 Å². The van der Waals surface area contributed by atoms with Crippen molar-refractivity contribution in [2.45, 2.75) is 13.3 Å². The van der Waals surface area contributed by atoms with Crippen molar-refractivity contribution >= 4 is 17.3 Å². The van der Waals surface area contributed by atoms with Crippen molar-refractivity contribution in [2.75, 3.05) is 37.8 Å². The number of hydrogen-bond donors (Lipinski definition) is 2. The summed E-state index contributed by atoms with van der Waals surface area (Å²) in [6.07, 6.45) is 4.55. The van der Waals surface area contributed by atoms with Gasteiger partial charge in [-0.25, -0.2) is 0 Å². The second-order valence-electron chi connectivity index (χ2n) is 4.03. The number of anilines is 2. The third-order valence-electron chi connectivity index (χ3n) is 2.26. The van der Waals surface area contributed by atoms with Crippen LogP contribution in [0.2, 0.25) is 0 Å². The van der Waals surface area contributed by atoms with Crippen LogP contribution in [-0.4, -0.2) is 43.0 Å². The van der Waals surface area contributed by atoms with E-state index < -0.39 is 0 Å². The number of pyridine rings is 1. The van der Waals surface area contributed by atoms with Gasteiger partial charge in [-0.2, -0.15) is 0 Å². The highest BCUT2D eigenvalue weighted by atomic mass is 16.2. The van der Waals surface area contributed by atoms with Crippen LogP contribution in [0.4, 0.5) is 11.4 Å². The molecule has 0 spiro atoms. The summed E-state index contributed by atoms with van der Waals surface area (Å²) in [7, 11) is 3.48. The van der Waals surface area contributed by atoms with Crippen LogP contribution in [0.5, 0.6) is 0 Å². The van der Waals surface area contributed by atoms with Gasteiger partial charge < -0.3 is 15.5 Å². The molecule has 1 aromatic rings. The van der Waals surface area contributed by atoms with E-state index in [4.69, 9.17) is 0 Å². The summed E-state index contributed by atoms with van der Waals surface area (Å²) >= 11 is 0. The summed E-state index contributed by atoms with van der Waals surface area (Å²) in [5.41, 5.74) is 1.82. The number of carbonyl (C=O) groups excluding carboxylic acids is 1. The quantitative estimate of drug-likeness (QED) is 0.784. The molecule has 0 saturated carbocycles. The maximum absolute atomic E-state index is 11.4. The van der Waals surface area contributed by atoms with E-state index in [0.717, 1.165) is 24.3 Å². The Hall–Kier alpha value is -1.78. The Kier molecular flexibility index (Phi) is 5.26. The van der Waals surface area contributed by atoms with Crippen molar-refractivity contribution < 1.29 is 4.79 Å². The van der Waals surface area contributed by atoms with E-state index in [0.29, 0.717) is 0 Å². The molecule has 1 aromatic heterocycles. The molecule has 0 bridgehead atoms. The van der Waals surface area contributed by atoms with Gasteiger partial charge in [0, 0.05) is 20.6 Å². The minimum atomic E-state index is 0.0388. The first-order chi connectivity index (χ1) is 8.13. The molecule has 0 fully saturated rings. The molecular formula is C12H20N4O. The van der Waals surface area contributed by atoms with Gasteiger partial charge in [0.05, 0.1) is 30.3 Å². The highest BCUT2D eigenvalue weighted by Gasteiger charge is 2.03. The fourth-order valence-electron chi connectivity index (χ4n) is 1.24. The van der Waals surface area contributed by atoms with E-state index in [1.54, 1.807) is 31.4 Å². The van der Waals surface area contributed by atoms with E-state index in [1.807, 2.05) is 6.07 Å². The summed E-state index contributed by atoms with van der Waals surface area (Å²) in [5.74, 6) is 0.0388. The molecule has 1 rings (SSSR count). The van der Waals surface area contributed by atoms with Crippen LogP contribution >= 0.6 is 0 Å². The first-order valence-corrected chi connectivity index (χ1v) is 5.76. The van der Waals surface area contributed by atoms with Crippen molar-refractivity contribution in [3.05, 3.63) is 18.5 Å². The monoisotopic (exact) mass is 236 g/mol. The van der Waals surface area contributed by atoms with Crippen molar-refractivity contribution in [1.29, 1.82) is 0 Å². The third kappa shape index (κ3) is 4.72. The molecule has 0 aliphatic carbocycles. The van der Waals surface area contributed by atoms with Gasteiger partial charge in [-0.1, -0.05) is 6.92 Å². The van der Waals surface area contributed by atoms with Gasteiger partial charge >= 0.3 is 0 Å². The van der Waals surface area contributed by atoms with E-state index in [1.165, 1.54) is 0 Å². The van der Waals surface area contributed by atoms with Gasteiger partial charge in [-0.3, -0.25) is 9.78 Å². The molecule has 2 N–H and O–H groups in total. The first kappa shape index (κ1) is 13.3. The molecule has 0 aliphatic heterocycles. The van der Waals surface area contributed by atoms with Crippen LogP contribution in [0.1, 0.15) is 13.3 Å². The molecule has 94 valence electrons. The Labute approximate surface area is 102 Å². The molecule has 1 amide bonds. The van der Waals surface area contributed by atoms with Gasteiger partial charge in [0.1, 0.15) is 0 Å². The number of hydrogen-bond acceptors (Lipinski definition) is 4. The normalized spacial score (nSPS) is 9.82. The second kappa shape index (κ2) is 6.73. The van der Waals surface area contributed by atoms with E-state index >= 15 is 0 Å². The standard InChI is InChI=1S/C12H20N4O/c1-4-5-14-10-6-11(8-13-7-10)15-9-12(17)16(2)3/h6-8,14-15H,4-5,9H2,1-3H3. The zero-order valence-electron chi connectivity index (χ0n) is 10.7. The number of nitrogens with zero attached hydrogens (tertiary/aromatic N) is 2. The SMILES string of the molecule is CCCNc1cncc(NCC(=O)N(C)C)c1. The number of aromatic nitrogens is 1. The van der Waals surface area contributed by atoms with Crippen molar-refractivity contribution in [3.63, 3.8) is 0 Å². The van der Waals surface area contributed by atoms with Crippen LogP contribution in [0, 0.1) is 0 Å². The van der Waals surface area contributed by atoms with E-state index in [9.17, 15) is 4.79 Å². The number of likely N-dealkylation sites (N-methyl/N-ethyl adjacent to an activating group) is 1. The van der Waals surface area contributed by atoms with Gasteiger partial charge in [-0.15, -0.1) is 0 Å². The Morgan fingerprint density at radius 3 is 2.53 bits per heavy atom. The lowest BCUT2D eigenvalue weighted by Crippen LogP contribution is -2.28. The van der Waals surface area contributed by atoms with Crippen LogP contribution in [0.15, 0.2) is 18.5 Å². The zero-order valence-corrected chi connectivity index (χ0v) is 10.7. The lowest BCUT2D eigenvalue weighted by Gasteiger charge is -2.12. The third-order valence-corrected chi connectivity index (χ3v) is 2.26. The predicted molar refractivity (Wildman–Crippen MR) is 70.2 cm³/mol. The molecule has 0 radical (unpaired) electrons. The molecule has 0 aromatic carbocycles. The van der Waals surface area contributed by atoms with E-state index in [2.05, 4.69) is 22.5 Å². The summed E-state index contributed by atoms with van der Waals surface area (Å²) in [4.78, 5) is 17.1. The molecule has 0 saturated heterocycles. The van der Waals surface area contributed by atoms with Crippen LogP contribution in [0.3, 0.4) is 0 Å². The largest absolute Gasteiger partial charge is 0.384 e. The zero-order chi connectivity index (χ0) is 12.7. The topological polar surface area (TPSA) is 57.3 Å². The summed E-state index contributed by atoms with van der Waals surface area (Å²) in [6.45, 7) is 3.31. The minimum Gasteiger partial charge on any atom is -0.384 e. The molecule has 1 heterocycles. The first-order valence-electron chi connectivity index (χ1n) is 5.76. The molecule has 0 aliphatic rings. The Bertz CT molecular complexity index is 365. The van der Waals surface area contributed by atoms with Gasteiger partial charge in [-0.05, 0) is 12.5 Å². The smallest absolute Gasteiger partial charge is 0.241 e. The van der Waals surface area contributed by atoms with E-state index in [-0.39, 0.29) is 12.5 Å². The summed E-state index contributed by atoms with van der Waals surface area (Å²) in [6, 6.07) is 1.95. The summed E-state index contributed by atoms with van der Waals surface area (Å²) in [5, 5.41) is 6.30. The van der Waals surface area contributed by atoms with Gasteiger partial charge in [0.15, 0.2) is 0 Å². The Morgan fingerprint density at radius 1 is 1.29 bits per heavy atom. The number of amides is 1.